The van der Waals surface area contributed by atoms with Gasteiger partial charge in [-0.2, -0.15) is 0 Å². The van der Waals surface area contributed by atoms with Crippen LogP contribution in [0.25, 0.3) is 0 Å². The van der Waals surface area contributed by atoms with E-state index in [-0.39, 0.29) is 23.7 Å². The number of aliphatic hydroxyl groups is 1. The first-order valence-electron chi connectivity index (χ1n) is 9.11. The fourth-order valence-electron chi connectivity index (χ4n) is 4.77. The quantitative estimate of drug-likeness (QED) is 0.656. The monoisotopic (exact) mass is 383 g/mol. The first kappa shape index (κ1) is 21.5. The van der Waals surface area contributed by atoms with Crippen LogP contribution in [0.15, 0.2) is 24.3 Å². The number of rotatable bonds is 6. The normalized spacial score (nSPS) is 32.8. The van der Waals surface area contributed by atoms with E-state index in [1.807, 2.05) is 31.2 Å². The van der Waals surface area contributed by atoms with Crippen LogP contribution in [0, 0.1) is 17.3 Å². The van der Waals surface area contributed by atoms with Crippen LogP contribution < -0.4 is 10.5 Å². The molecule has 0 saturated heterocycles. The minimum atomic E-state index is -1.12. The van der Waals surface area contributed by atoms with Gasteiger partial charge in [0, 0.05) is 5.94 Å². The molecular weight excluding hydrogens is 352 g/mol. The largest absolute Gasteiger partial charge is 0.497 e. The predicted molar refractivity (Wildman–Crippen MR) is 105 cm³/mol. The first-order chi connectivity index (χ1) is 11.7. The fraction of sp³-hybridized carbons (Fsp3) is 0.684. The van der Waals surface area contributed by atoms with Crippen LogP contribution in [-0.4, -0.2) is 42.0 Å². The van der Waals surface area contributed by atoms with Crippen molar-refractivity contribution in [1.29, 1.82) is 0 Å². The number of ether oxygens (including phenoxy) is 1. The van der Waals surface area contributed by atoms with Crippen molar-refractivity contribution in [3.8, 4) is 5.75 Å². The highest BCUT2D eigenvalue weighted by Gasteiger charge is 2.64. The lowest BCUT2D eigenvalue weighted by Gasteiger charge is -2.66. The van der Waals surface area contributed by atoms with E-state index in [1.165, 1.54) is 0 Å². The maximum absolute atomic E-state index is 10.5. The third-order valence-electron chi connectivity index (χ3n) is 6.70. The van der Waals surface area contributed by atoms with Gasteiger partial charge in [0.25, 0.3) is 0 Å². The summed E-state index contributed by atoms with van der Waals surface area (Å²) < 4.78 is 11.2. The number of halogens is 1. The molecule has 5 nitrogen and oxygen atoms in total. The average Bonchev–Trinajstić information content (AvgIpc) is 2.57. The molecule has 3 fully saturated rings. The van der Waals surface area contributed by atoms with E-state index in [4.69, 9.17) is 15.1 Å². The van der Waals surface area contributed by atoms with Gasteiger partial charge in [-0.3, -0.25) is 0 Å². The lowest BCUT2D eigenvalue weighted by Crippen LogP contribution is -2.69. The van der Waals surface area contributed by atoms with Crippen LogP contribution in [0.4, 0.5) is 0 Å². The molecule has 3 aliphatic carbocycles. The summed E-state index contributed by atoms with van der Waals surface area (Å²) in [6.45, 7) is 6.37. The summed E-state index contributed by atoms with van der Waals surface area (Å²) in [5, 5.41) is 21.1. The van der Waals surface area contributed by atoms with Crippen molar-refractivity contribution < 1.29 is 19.5 Å². The molecule has 1 aromatic rings. The molecule has 0 amide bonds. The number of nitrogens with two attached hydrogens (primary N) is 1. The molecule has 0 spiro atoms. The van der Waals surface area contributed by atoms with Gasteiger partial charge in [0.1, 0.15) is 5.75 Å². The van der Waals surface area contributed by atoms with E-state index in [1.54, 1.807) is 7.11 Å². The van der Waals surface area contributed by atoms with Gasteiger partial charge in [-0.15, -0.1) is 12.4 Å². The molecular formula is C19H31BClNO4. The van der Waals surface area contributed by atoms with Crippen molar-refractivity contribution in [2.45, 2.75) is 57.7 Å². The van der Waals surface area contributed by atoms with Crippen LogP contribution in [0.3, 0.4) is 0 Å². The van der Waals surface area contributed by atoms with Gasteiger partial charge in [-0.25, -0.2) is 0 Å². The molecule has 26 heavy (non-hydrogen) atoms. The highest BCUT2D eigenvalue weighted by Crippen LogP contribution is 2.63. The molecule has 1 aromatic carbocycles. The Bertz CT molecular complexity index is 614. The molecule has 0 aromatic heterocycles. The zero-order valence-electron chi connectivity index (χ0n) is 16.0. The van der Waals surface area contributed by atoms with Crippen molar-refractivity contribution >= 4 is 19.5 Å². The number of hydrogen-bond donors (Lipinski definition) is 3. The van der Waals surface area contributed by atoms with Crippen LogP contribution in [0.5, 0.6) is 5.75 Å². The molecule has 0 radical (unpaired) electrons. The molecule has 7 heteroatoms. The Morgan fingerprint density at radius 2 is 1.85 bits per heavy atom. The van der Waals surface area contributed by atoms with Gasteiger partial charge in [0.2, 0.25) is 0 Å². The minimum absolute atomic E-state index is 0. The van der Waals surface area contributed by atoms with Crippen LogP contribution in [0.2, 0.25) is 0 Å². The topological polar surface area (TPSA) is 84.9 Å². The third-order valence-corrected chi connectivity index (χ3v) is 6.70. The highest BCUT2D eigenvalue weighted by molar-refractivity contribution is 6.45. The van der Waals surface area contributed by atoms with E-state index in [0.29, 0.717) is 12.3 Å². The highest BCUT2D eigenvalue weighted by atomic mass is 35.5. The van der Waals surface area contributed by atoms with Gasteiger partial charge in [-0.1, -0.05) is 26.0 Å². The molecule has 2 bridgehead atoms. The molecule has 0 aliphatic heterocycles. The van der Waals surface area contributed by atoms with Gasteiger partial charge in [0.15, 0.2) is 0 Å². The third kappa shape index (κ3) is 3.63. The maximum Gasteiger partial charge on any atom is 0.472 e. The van der Waals surface area contributed by atoms with Crippen molar-refractivity contribution in [2.75, 3.05) is 7.11 Å². The van der Waals surface area contributed by atoms with Crippen molar-refractivity contribution in [3.63, 3.8) is 0 Å². The first-order valence-corrected chi connectivity index (χ1v) is 9.11. The molecule has 0 unspecified atom stereocenters. The summed E-state index contributed by atoms with van der Waals surface area (Å²) in [4.78, 5) is 0. The van der Waals surface area contributed by atoms with Gasteiger partial charge < -0.3 is 25.3 Å². The smallest absolute Gasteiger partial charge is 0.472 e. The second-order valence-corrected chi connectivity index (χ2v) is 8.47. The fourth-order valence-corrected chi connectivity index (χ4v) is 4.77. The number of hydrogen-bond acceptors (Lipinski definition) is 5. The lowest BCUT2D eigenvalue weighted by molar-refractivity contribution is -0.239. The molecule has 3 saturated carbocycles. The summed E-state index contributed by atoms with van der Waals surface area (Å²) in [6.07, 6.45) is 1.70. The molecule has 5 atom stereocenters. The van der Waals surface area contributed by atoms with Crippen molar-refractivity contribution in [3.05, 3.63) is 29.8 Å². The van der Waals surface area contributed by atoms with Crippen molar-refractivity contribution in [1.82, 2.24) is 0 Å². The zero-order chi connectivity index (χ0) is 18.4. The Balaban J connectivity index is 0.00000243. The Morgan fingerprint density at radius 1 is 1.23 bits per heavy atom. The molecule has 0 heterocycles. The van der Waals surface area contributed by atoms with E-state index in [0.717, 1.165) is 24.2 Å². The van der Waals surface area contributed by atoms with E-state index in [2.05, 4.69) is 13.8 Å². The Kier molecular flexibility index (Phi) is 6.36. The van der Waals surface area contributed by atoms with E-state index < -0.39 is 24.8 Å². The standard InChI is InChI=1S/C19H30BNO4.ClH/c1-18(2)13-10-15(18)19(3,16(22)11-13)25-20(23)17(21)9-12-5-7-14(24-4)8-6-12;/h5-8,13,15-17,22-23H,9-11,21H2,1-4H3;1H/t13-,15-,16+,17-,19-;/m0./s1. The summed E-state index contributed by atoms with van der Waals surface area (Å²) in [7, 11) is 0.510. The van der Waals surface area contributed by atoms with Gasteiger partial charge in [-0.05, 0) is 61.1 Å². The number of benzene rings is 1. The van der Waals surface area contributed by atoms with Gasteiger partial charge in [0.05, 0.1) is 18.8 Å². The van der Waals surface area contributed by atoms with Crippen LogP contribution in [0.1, 0.15) is 39.2 Å². The summed E-state index contributed by atoms with van der Waals surface area (Å²) in [5.41, 5.74) is 6.57. The second kappa shape index (κ2) is 7.68. The molecule has 146 valence electrons. The second-order valence-electron chi connectivity index (χ2n) is 8.47. The van der Waals surface area contributed by atoms with Gasteiger partial charge >= 0.3 is 7.12 Å². The van der Waals surface area contributed by atoms with E-state index >= 15 is 0 Å². The zero-order valence-corrected chi connectivity index (χ0v) is 16.8. The Hall–Kier alpha value is -0.785. The SMILES string of the molecule is COc1ccc(C[C@H](N)B(O)O[C@]2(C)[C@H](O)C[C@@H]3C[C@H]2C3(C)C)cc1.Cl. The minimum Gasteiger partial charge on any atom is -0.497 e. The van der Waals surface area contributed by atoms with Crippen LogP contribution in [-0.2, 0) is 11.1 Å². The molecule has 4 N–H and O–H groups in total. The van der Waals surface area contributed by atoms with E-state index in [9.17, 15) is 10.1 Å². The predicted octanol–water partition coefficient (Wildman–Crippen LogP) is 2.21. The summed E-state index contributed by atoms with van der Waals surface area (Å²) in [5.74, 6) is 0.998. The summed E-state index contributed by atoms with van der Waals surface area (Å²) >= 11 is 0. The maximum atomic E-state index is 10.5. The summed E-state index contributed by atoms with van der Waals surface area (Å²) in [6, 6.07) is 7.61. The number of aliphatic hydroxyl groups excluding tert-OH is 1. The molecule has 4 rings (SSSR count). The number of fused-ring (bicyclic) bond motifs is 2. The van der Waals surface area contributed by atoms with Crippen molar-refractivity contribution in [2.24, 2.45) is 23.0 Å². The molecule has 3 aliphatic rings. The lowest BCUT2D eigenvalue weighted by atomic mass is 9.43. The number of methoxy groups -OCH3 is 1. The Labute approximate surface area is 162 Å². The Morgan fingerprint density at radius 3 is 2.38 bits per heavy atom. The van der Waals surface area contributed by atoms with Crippen LogP contribution >= 0.6 is 12.4 Å². The average molecular weight is 384 g/mol.